The van der Waals surface area contributed by atoms with Crippen LogP contribution in [0.2, 0.25) is 0 Å². The summed E-state index contributed by atoms with van der Waals surface area (Å²) in [5.41, 5.74) is 4.94. The Labute approximate surface area is 156 Å². The molecule has 27 heavy (non-hydrogen) atoms. The number of benzene rings is 1. The van der Waals surface area contributed by atoms with Gasteiger partial charge in [-0.25, -0.2) is 4.98 Å². The van der Waals surface area contributed by atoms with Gasteiger partial charge < -0.3 is 25.6 Å². The molecule has 3 rings (SSSR count). The fraction of sp³-hybridized carbons (Fsp3) is 0.421. The summed E-state index contributed by atoms with van der Waals surface area (Å²) in [6.07, 6.45) is 2.25. The van der Waals surface area contributed by atoms with Gasteiger partial charge in [0.1, 0.15) is 12.4 Å². The van der Waals surface area contributed by atoms with Gasteiger partial charge in [-0.05, 0) is 43.9 Å². The molecule has 1 fully saturated rings. The number of nitrogens with one attached hydrogen (secondary N) is 1. The first-order chi connectivity index (χ1) is 12.8. The Balaban J connectivity index is 1.96. The zero-order chi connectivity index (χ0) is 19.6. The fourth-order valence-electron chi connectivity index (χ4n) is 3.09. The largest absolute Gasteiger partial charge is 0.490 e. The van der Waals surface area contributed by atoms with Crippen molar-refractivity contribution in [1.82, 2.24) is 10.3 Å². The maximum Gasteiger partial charge on any atom is 0.252 e. The van der Waals surface area contributed by atoms with E-state index in [-0.39, 0.29) is 30.8 Å². The van der Waals surface area contributed by atoms with Gasteiger partial charge in [-0.1, -0.05) is 0 Å². The lowest BCUT2D eigenvalue weighted by molar-refractivity contribution is -0.120. The Kier molecular flexibility index (Phi) is 5.18. The third-order valence-electron chi connectivity index (χ3n) is 4.48. The molecule has 2 heterocycles. The number of aliphatic hydroxyl groups excluding tert-OH is 1. The molecule has 0 bridgehead atoms. The summed E-state index contributed by atoms with van der Waals surface area (Å²) >= 11 is 0. The van der Waals surface area contributed by atoms with E-state index in [4.69, 9.17) is 15.2 Å². The summed E-state index contributed by atoms with van der Waals surface area (Å²) in [7, 11) is 0. The van der Waals surface area contributed by atoms with Crippen molar-refractivity contribution in [1.29, 1.82) is 0 Å². The number of amides is 2. The Hall–Kier alpha value is -2.87. The maximum absolute atomic E-state index is 11.8. The molecule has 1 unspecified atom stereocenters. The number of rotatable bonds is 7. The topological polar surface area (TPSA) is 124 Å². The molecule has 1 atom stereocenters. The smallest absolute Gasteiger partial charge is 0.252 e. The van der Waals surface area contributed by atoms with Crippen molar-refractivity contribution in [3.63, 3.8) is 0 Å². The molecule has 0 aliphatic carbocycles. The van der Waals surface area contributed by atoms with E-state index in [1.165, 1.54) is 0 Å². The standard InChI is InChI=1S/C19H23N3O5/c1-11(2)27-15-8-13-12(7-14(15)17(20)25)4-6-21-18(13)26-10-19(9-23)5-3-16(24)22-19/h4,6-8,11,23H,3,5,9-10H2,1-2H3,(H2,20,25)(H,22,24). The molecule has 1 aliphatic rings. The molecule has 8 heteroatoms. The maximum atomic E-state index is 11.8. The summed E-state index contributed by atoms with van der Waals surface area (Å²) in [6.45, 7) is 3.56. The van der Waals surface area contributed by atoms with E-state index in [9.17, 15) is 14.7 Å². The van der Waals surface area contributed by atoms with Crippen LogP contribution in [-0.4, -0.2) is 46.8 Å². The third-order valence-corrected chi connectivity index (χ3v) is 4.48. The fourth-order valence-corrected chi connectivity index (χ4v) is 3.09. The Morgan fingerprint density at radius 3 is 2.81 bits per heavy atom. The zero-order valence-corrected chi connectivity index (χ0v) is 15.3. The quantitative estimate of drug-likeness (QED) is 0.669. The Morgan fingerprint density at radius 1 is 1.44 bits per heavy atom. The lowest BCUT2D eigenvalue weighted by atomic mass is 10.0. The van der Waals surface area contributed by atoms with Crippen molar-refractivity contribution < 1.29 is 24.2 Å². The highest BCUT2D eigenvalue weighted by atomic mass is 16.5. The Morgan fingerprint density at radius 2 is 2.22 bits per heavy atom. The molecule has 1 aromatic heterocycles. The molecule has 4 N–H and O–H groups in total. The van der Waals surface area contributed by atoms with Gasteiger partial charge in [0, 0.05) is 18.0 Å². The van der Waals surface area contributed by atoms with E-state index in [1.54, 1.807) is 24.4 Å². The number of nitrogens with zero attached hydrogens (tertiary/aromatic N) is 1. The molecule has 0 saturated carbocycles. The molecule has 2 amide bonds. The average molecular weight is 373 g/mol. The minimum absolute atomic E-state index is 0.0826. The predicted octanol–water partition coefficient (Wildman–Crippen LogP) is 1.14. The number of carbonyl (C=O) groups excluding carboxylic acids is 2. The van der Waals surface area contributed by atoms with Gasteiger partial charge in [0.2, 0.25) is 11.8 Å². The lowest BCUT2D eigenvalue weighted by Crippen LogP contribution is -2.49. The van der Waals surface area contributed by atoms with E-state index in [0.29, 0.717) is 29.9 Å². The number of hydrogen-bond acceptors (Lipinski definition) is 6. The number of primary amides is 1. The van der Waals surface area contributed by atoms with Crippen molar-refractivity contribution in [3.8, 4) is 11.6 Å². The van der Waals surface area contributed by atoms with Crippen molar-refractivity contribution in [3.05, 3.63) is 30.0 Å². The molecule has 1 aromatic carbocycles. The minimum atomic E-state index is -0.814. The number of pyridine rings is 1. The summed E-state index contributed by atoms with van der Waals surface area (Å²) in [5.74, 6) is -0.0167. The summed E-state index contributed by atoms with van der Waals surface area (Å²) < 4.78 is 11.6. The van der Waals surface area contributed by atoms with Gasteiger partial charge in [0.05, 0.1) is 23.8 Å². The number of ether oxygens (including phenoxy) is 2. The first-order valence-electron chi connectivity index (χ1n) is 8.77. The van der Waals surface area contributed by atoms with Gasteiger partial charge in [0.25, 0.3) is 5.91 Å². The third kappa shape index (κ3) is 3.95. The monoisotopic (exact) mass is 373 g/mol. The highest BCUT2D eigenvalue weighted by Gasteiger charge is 2.38. The van der Waals surface area contributed by atoms with E-state index in [0.717, 1.165) is 5.39 Å². The van der Waals surface area contributed by atoms with Crippen molar-refractivity contribution in [2.45, 2.75) is 38.3 Å². The number of aromatic nitrogens is 1. The molecule has 2 aromatic rings. The second-order valence-electron chi connectivity index (χ2n) is 6.99. The summed E-state index contributed by atoms with van der Waals surface area (Å²) in [5, 5.41) is 13.8. The van der Waals surface area contributed by atoms with Crippen LogP contribution >= 0.6 is 0 Å². The minimum Gasteiger partial charge on any atom is -0.490 e. The number of carbonyl (C=O) groups is 2. The van der Waals surface area contributed by atoms with E-state index in [1.807, 2.05) is 13.8 Å². The first kappa shape index (κ1) is 18.9. The normalized spacial score (nSPS) is 19.3. The molecule has 1 saturated heterocycles. The van der Waals surface area contributed by atoms with Crippen LogP contribution < -0.4 is 20.5 Å². The molecule has 0 radical (unpaired) electrons. The Bertz CT molecular complexity index is 883. The van der Waals surface area contributed by atoms with Gasteiger partial charge in [-0.3, -0.25) is 9.59 Å². The van der Waals surface area contributed by atoms with Gasteiger partial charge in [-0.2, -0.15) is 0 Å². The first-order valence-corrected chi connectivity index (χ1v) is 8.77. The average Bonchev–Trinajstić information content (AvgIpc) is 3.00. The molecule has 144 valence electrons. The number of aliphatic hydroxyl groups is 1. The summed E-state index contributed by atoms with van der Waals surface area (Å²) in [6, 6.07) is 5.06. The van der Waals surface area contributed by atoms with Crippen LogP contribution in [0.4, 0.5) is 0 Å². The number of nitrogens with two attached hydrogens (primary N) is 1. The predicted molar refractivity (Wildman–Crippen MR) is 98.7 cm³/mol. The van der Waals surface area contributed by atoms with Crippen LogP contribution in [0.25, 0.3) is 10.8 Å². The van der Waals surface area contributed by atoms with Crippen molar-refractivity contribution in [2.24, 2.45) is 5.73 Å². The molecule has 8 nitrogen and oxygen atoms in total. The van der Waals surface area contributed by atoms with Gasteiger partial charge >= 0.3 is 0 Å². The van der Waals surface area contributed by atoms with Crippen LogP contribution in [-0.2, 0) is 4.79 Å². The van der Waals surface area contributed by atoms with Crippen LogP contribution in [0.15, 0.2) is 24.4 Å². The van der Waals surface area contributed by atoms with E-state index < -0.39 is 11.4 Å². The molecule has 0 spiro atoms. The zero-order valence-electron chi connectivity index (χ0n) is 15.3. The second-order valence-corrected chi connectivity index (χ2v) is 6.99. The van der Waals surface area contributed by atoms with Crippen molar-refractivity contribution in [2.75, 3.05) is 13.2 Å². The van der Waals surface area contributed by atoms with Crippen LogP contribution in [0.3, 0.4) is 0 Å². The van der Waals surface area contributed by atoms with Gasteiger partial charge in [0.15, 0.2) is 0 Å². The highest BCUT2D eigenvalue weighted by Crippen LogP contribution is 2.32. The van der Waals surface area contributed by atoms with Crippen LogP contribution in [0.1, 0.15) is 37.0 Å². The van der Waals surface area contributed by atoms with E-state index >= 15 is 0 Å². The number of fused-ring (bicyclic) bond motifs is 1. The van der Waals surface area contributed by atoms with Crippen LogP contribution in [0.5, 0.6) is 11.6 Å². The van der Waals surface area contributed by atoms with Gasteiger partial charge in [-0.15, -0.1) is 0 Å². The SMILES string of the molecule is CC(C)Oc1cc2c(OCC3(CO)CCC(=O)N3)nccc2cc1C(N)=O. The van der Waals surface area contributed by atoms with Crippen LogP contribution in [0, 0.1) is 0 Å². The highest BCUT2D eigenvalue weighted by molar-refractivity contribution is 6.01. The molecular weight excluding hydrogens is 350 g/mol. The lowest BCUT2D eigenvalue weighted by Gasteiger charge is -2.26. The number of hydrogen-bond donors (Lipinski definition) is 3. The molecule has 1 aliphatic heterocycles. The summed E-state index contributed by atoms with van der Waals surface area (Å²) in [4.78, 5) is 27.6. The molecular formula is C19H23N3O5. The van der Waals surface area contributed by atoms with Crippen molar-refractivity contribution >= 4 is 22.6 Å². The van der Waals surface area contributed by atoms with E-state index in [2.05, 4.69) is 10.3 Å². The second kappa shape index (κ2) is 7.40.